The molecule has 0 radical (unpaired) electrons. The third-order valence-corrected chi connectivity index (χ3v) is 3.68. The van der Waals surface area contributed by atoms with Gasteiger partial charge < -0.3 is 4.98 Å². The number of hydrogen-bond acceptors (Lipinski definition) is 1. The summed E-state index contributed by atoms with van der Waals surface area (Å²) in [5.74, 6) is 0.821. The summed E-state index contributed by atoms with van der Waals surface area (Å²) in [6.07, 6.45) is -1.69. The molecule has 0 fully saturated rings. The van der Waals surface area contributed by atoms with Crippen LogP contribution in [0.25, 0.3) is 10.9 Å². The minimum atomic E-state index is -4.29. The first-order valence-electron chi connectivity index (χ1n) is 5.33. The monoisotopic (exact) mass is 259 g/mol. The molecule has 2 rings (SSSR count). The van der Waals surface area contributed by atoms with Gasteiger partial charge in [0.2, 0.25) is 0 Å². The molecule has 0 bridgehead atoms. The number of halogens is 3. The van der Waals surface area contributed by atoms with Crippen LogP contribution in [-0.2, 0) is 6.18 Å². The van der Waals surface area contributed by atoms with Crippen LogP contribution in [0.15, 0.2) is 29.3 Å². The first kappa shape index (κ1) is 12.4. The minimum absolute atomic E-state index is 0.540. The highest BCUT2D eigenvalue weighted by Crippen LogP contribution is 2.36. The van der Waals surface area contributed by atoms with Crippen LogP contribution in [0.2, 0.25) is 0 Å². The molecule has 5 heteroatoms. The van der Waals surface area contributed by atoms with Crippen molar-refractivity contribution in [3.8, 4) is 0 Å². The number of aromatic amines is 1. The molecule has 0 saturated heterocycles. The molecule has 17 heavy (non-hydrogen) atoms. The lowest BCUT2D eigenvalue weighted by Crippen LogP contribution is -2.04. The van der Waals surface area contributed by atoms with Gasteiger partial charge in [-0.25, -0.2) is 0 Å². The lowest BCUT2D eigenvalue weighted by atomic mass is 10.1. The number of thioether (sulfide) groups is 1. The molecule has 1 nitrogen and oxygen atoms in total. The van der Waals surface area contributed by atoms with Crippen molar-refractivity contribution in [2.45, 2.75) is 24.4 Å². The van der Waals surface area contributed by atoms with Crippen LogP contribution in [0.1, 0.15) is 18.9 Å². The highest BCUT2D eigenvalue weighted by atomic mass is 32.2. The van der Waals surface area contributed by atoms with Crippen LogP contribution in [0.5, 0.6) is 0 Å². The van der Waals surface area contributed by atoms with Gasteiger partial charge in [-0.2, -0.15) is 13.2 Å². The maximum Gasteiger partial charge on any atom is 0.416 e. The van der Waals surface area contributed by atoms with Crippen molar-refractivity contribution in [3.05, 3.63) is 30.0 Å². The second kappa shape index (κ2) is 4.64. The first-order chi connectivity index (χ1) is 8.02. The minimum Gasteiger partial charge on any atom is -0.361 e. The fraction of sp³-hybridized carbons (Fsp3) is 0.333. The van der Waals surface area contributed by atoms with Crippen molar-refractivity contribution in [2.75, 3.05) is 5.75 Å². The van der Waals surface area contributed by atoms with Crippen molar-refractivity contribution >= 4 is 22.7 Å². The lowest BCUT2D eigenvalue weighted by Gasteiger charge is -2.10. The zero-order valence-corrected chi connectivity index (χ0v) is 10.1. The van der Waals surface area contributed by atoms with E-state index in [1.54, 1.807) is 6.20 Å². The average Bonchev–Trinajstić information content (AvgIpc) is 2.72. The molecule has 1 aromatic heterocycles. The smallest absolute Gasteiger partial charge is 0.361 e. The van der Waals surface area contributed by atoms with E-state index >= 15 is 0 Å². The van der Waals surface area contributed by atoms with Gasteiger partial charge in [0, 0.05) is 22.0 Å². The number of alkyl halides is 3. The Labute approximate surface area is 101 Å². The second-order valence-corrected chi connectivity index (χ2v) is 4.90. The molecule has 0 aliphatic heterocycles. The van der Waals surface area contributed by atoms with Gasteiger partial charge in [-0.05, 0) is 30.4 Å². The van der Waals surface area contributed by atoms with Crippen LogP contribution in [0.3, 0.4) is 0 Å². The fourth-order valence-electron chi connectivity index (χ4n) is 1.63. The molecule has 1 aromatic carbocycles. The molecule has 0 aliphatic carbocycles. The summed E-state index contributed by atoms with van der Waals surface area (Å²) in [4.78, 5) is 3.53. The molecule has 92 valence electrons. The normalized spacial score (nSPS) is 12.2. The topological polar surface area (TPSA) is 15.8 Å². The average molecular weight is 259 g/mol. The van der Waals surface area contributed by atoms with Crippen LogP contribution in [0, 0.1) is 0 Å². The standard InChI is InChI=1S/C12H12F3NS/c1-2-5-17-11-7-8(12(13,14)15)6-10-9(11)3-4-16-10/h3-4,6-7,16H,2,5H2,1H3. The summed E-state index contributed by atoms with van der Waals surface area (Å²) in [6.45, 7) is 2.01. The summed E-state index contributed by atoms with van der Waals surface area (Å²) < 4.78 is 38.1. The zero-order chi connectivity index (χ0) is 12.5. The van der Waals surface area contributed by atoms with E-state index in [0.717, 1.165) is 23.6 Å². The van der Waals surface area contributed by atoms with E-state index in [0.29, 0.717) is 10.4 Å². The Bertz CT molecular complexity index is 516. The van der Waals surface area contributed by atoms with E-state index < -0.39 is 11.7 Å². The van der Waals surface area contributed by atoms with Crippen LogP contribution < -0.4 is 0 Å². The number of nitrogens with one attached hydrogen (secondary N) is 1. The van der Waals surface area contributed by atoms with Crippen molar-refractivity contribution in [1.82, 2.24) is 4.98 Å². The first-order valence-corrected chi connectivity index (χ1v) is 6.32. The van der Waals surface area contributed by atoms with Gasteiger partial charge in [-0.3, -0.25) is 0 Å². The van der Waals surface area contributed by atoms with Gasteiger partial charge in [0.25, 0.3) is 0 Å². The Morgan fingerprint density at radius 2 is 2.06 bits per heavy atom. The second-order valence-electron chi connectivity index (χ2n) is 3.76. The van der Waals surface area contributed by atoms with Gasteiger partial charge in [0.1, 0.15) is 0 Å². The quantitative estimate of drug-likeness (QED) is 0.791. The number of rotatable bonds is 3. The zero-order valence-electron chi connectivity index (χ0n) is 9.27. The Kier molecular flexibility index (Phi) is 3.38. The number of H-pyrrole nitrogens is 1. The molecule has 0 spiro atoms. The highest BCUT2D eigenvalue weighted by molar-refractivity contribution is 7.99. The predicted octanol–water partition coefficient (Wildman–Crippen LogP) is 4.69. The van der Waals surface area contributed by atoms with Gasteiger partial charge in [0.15, 0.2) is 0 Å². The number of benzene rings is 1. The van der Waals surface area contributed by atoms with Crippen molar-refractivity contribution in [1.29, 1.82) is 0 Å². The lowest BCUT2D eigenvalue weighted by molar-refractivity contribution is -0.137. The molecule has 1 N–H and O–H groups in total. The third-order valence-electron chi connectivity index (χ3n) is 2.42. The predicted molar refractivity (Wildman–Crippen MR) is 64.3 cm³/mol. The van der Waals surface area contributed by atoms with E-state index in [1.165, 1.54) is 17.8 Å². The Morgan fingerprint density at radius 1 is 1.29 bits per heavy atom. The maximum absolute atomic E-state index is 12.7. The molecule has 0 atom stereocenters. The molecule has 2 aromatic rings. The molecular formula is C12H12F3NS. The van der Waals surface area contributed by atoms with Crippen molar-refractivity contribution < 1.29 is 13.2 Å². The van der Waals surface area contributed by atoms with Crippen LogP contribution >= 0.6 is 11.8 Å². The molecule has 1 heterocycles. The Balaban J connectivity index is 2.51. The Hall–Kier alpha value is -1.10. The van der Waals surface area contributed by atoms with Gasteiger partial charge in [-0.1, -0.05) is 6.92 Å². The molecule has 0 saturated carbocycles. The highest BCUT2D eigenvalue weighted by Gasteiger charge is 2.31. The summed E-state index contributed by atoms with van der Waals surface area (Å²) >= 11 is 1.46. The maximum atomic E-state index is 12.7. The number of fused-ring (bicyclic) bond motifs is 1. The van der Waals surface area contributed by atoms with E-state index in [4.69, 9.17) is 0 Å². The fourth-order valence-corrected chi connectivity index (χ4v) is 2.60. The largest absolute Gasteiger partial charge is 0.416 e. The molecule has 0 unspecified atom stereocenters. The van der Waals surface area contributed by atoms with Crippen LogP contribution in [-0.4, -0.2) is 10.7 Å². The Morgan fingerprint density at radius 3 is 2.71 bits per heavy atom. The van der Waals surface area contributed by atoms with E-state index in [2.05, 4.69) is 4.98 Å². The summed E-state index contributed by atoms with van der Waals surface area (Å²) in [7, 11) is 0. The van der Waals surface area contributed by atoms with Gasteiger partial charge in [0.05, 0.1) is 5.56 Å². The SMILES string of the molecule is CCCSc1cc(C(F)(F)F)cc2[nH]ccc12. The third kappa shape index (κ3) is 2.60. The van der Waals surface area contributed by atoms with Crippen LogP contribution in [0.4, 0.5) is 13.2 Å². The van der Waals surface area contributed by atoms with Crippen molar-refractivity contribution in [3.63, 3.8) is 0 Å². The molecular weight excluding hydrogens is 247 g/mol. The van der Waals surface area contributed by atoms with Gasteiger partial charge >= 0.3 is 6.18 Å². The van der Waals surface area contributed by atoms with E-state index in [1.807, 2.05) is 13.0 Å². The molecule has 0 aliphatic rings. The van der Waals surface area contributed by atoms with E-state index in [-0.39, 0.29) is 0 Å². The number of hydrogen-bond donors (Lipinski definition) is 1. The van der Waals surface area contributed by atoms with Gasteiger partial charge in [-0.15, -0.1) is 11.8 Å². The summed E-state index contributed by atoms with van der Waals surface area (Å²) in [5, 5.41) is 0.858. The number of aromatic nitrogens is 1. The summed E-state index contributed by atoms with van der Waals surface area (Å²) in [6, 6.07) is 4.20. The van der Waals surface area contributed by atoms with Crippen molar-refractivity contribution in [2.24, 2.45) is 0 Å². The molecule has 0 amide bonds. The van der Waals surface area contributed by atoms with E-state index in [9.17, 15) is 13.2 Å². The summed E-state index contributed by atoms with van der Waals surface area (Å²) in [5.41, 5.74) is -0.0514.